The molecule has 0 amide bonds. The first kappa shape index (κ1) is 17.5. The molecule has 0 bridgehead atoms. The number of hydrogen-bond donors (Lipinski definition) is 2. The minimum atomic E-state index is -0.958. The quantitative estimate of drug-likeness (QED) is 0.756. The minimum absolute atomic E-state index is 0. The number of nitrogens with two attached hydrogens (primary N) is 1. The Hall–Kier alpha value is -0.500. The highest BCUT2D eigenvalue weighted by molar-refractivity contribution is 9.13. The highest BCUT2D eigenvalue weighted by atomic mass is 79.9. The van der Waals surface area contributed by atoms with E-state index in [9.17, 15) is 9.90 Å². The van der Waals surface area contributed by atoms with Crippen LogP contribution in [0.5, 0.6) is 11.5 Å². The van der Waals surface area contributed by atoms with Gasteiger partial charge in [0.25, 0.3) is 0 Å². The molecule has 3 N–H and O–H groups in total. The highest BCUT2D eigenvalue weighted by Crippen LogP contribution is 2.43. The van der Waals surface area contributed by atoms with Gasteiger partial charge in [0.1, 0.15) is 6.04 Å². The lowest BCUT2D eigenvalue weighted by atomic mass is 10.1. The maximum atomic E-state index is 11.4. The molecule has 0 saturated carbocycles. The maximum absolute atomic E-state index is 11.4. The van der Waals surface area contributed by atoms with E-state index in [0.717, 1.165) is 0 Å². The van der Waals surface area contributed by atoms with Crippen LogP contribution in [0.1, 0.15) is 11.6 Å². The molecular weight excluding hydrogens is 393 g/mol. The number of aromatic hydroxyl groups is 1. The Morgan fingerprint density at radius 1 is 1.39 bits per heavy atom. The van der Waals surface area contributed by atoms with Crippen molar-refractivity contribution in [3.05, 3.63) is 20.6 Å². The summed E-state index contributed by atoms with van der Waals surface area (Å²) < 4.78 is 10.4. The number of carbonyl (C=O) groups excluding carboxylic acids is 1. The van der Waals surface area contributed by atoms with Gasteiger partial charge in [0.05, 0.1) is 18.7 Å². The Kier molecular flexibility index (Phi) is 6.98. The Bertz CT molecular complexity index is 456. The molecule has 1 aromatic carbocycles. The first-order valence-corrected chi connectivity index (χ1v) is 6.10. The first-order chi connectivity index (χ1) is 7.93. The first-order valence-electron chi connectivity index (χ1n) is 4.52. The van der Waals surface area contributed by atoms with Crippen LogP contribution in [0.3, 0.4) is 0 Å². The molecule has 0 spiro atoms. The van der Waals surface area contributed by atoms with Gasteiger partial charge in [0.15, 0.2) is 11.5 Å². The van der Waals surface area contributed by atoms with E-state index in [4.69, 9.17) is 10.5 Å². The fraction of sp³-hybridized carbons (Fsp3) is 0.300. The van der Waals surface area contributed by atoms with Crippen molar-refractivity contribution in [2.45, 2.75) is 6.04 Å². The lowest BCUT2D eigenvalue weighted by Gasteiger charge is -2.15. The third-order valence-corrected chi connectivity index (χ3v) is 4.34. The SMILES string of the molecule is COC(=O)[C@H](N)c1cc(OC)c(O)c(Br)c1Br.Cl. The lowest BCUT2D eigenvalue weighted by Crippen LogP contribution is -2.23. The van der Waals surface area contributed by atoms with Crippen LogP contribution < -0.4 is 10.5 Å². The number of phenolic OH excluding ortho intramolecular Hbond substituents is 1. The van der Waals surface area contributed by atoms with Gasteiger partial charge in [-0.3, -0.25) is 4.79 Å². The number of esters is 1. The number of benzene rings is 1. The molecule has 0 aromatic heterocycles. The summed E-state index contributed by atoms with van der Waals surface area (Å²) >= 11 is 6.42. The number of carbonyl (C=O) groups is 1. The van der Waals surface area contributed by atoms with Crippen LogP contribution in [0.2, 0.25) is 0 Å². The minimum Gasteiger partial charge on any atom is -0.503 e. The molecular formula is C10H12Br2ClNO4. The van der Waals surface area contributed by atoms with Crippen LogP contribution >= 0.6 is 44.3 Å². The van der Waals surface area contributed by atoms with E-state index in [1.54, 1.807) is 0 Å². The van der Waals surface area contributed by atoms with Gasteiger partial charge in [0.2, 0.25) is 0 Å². The second-order valence-corrected chi connectivity index (χ2v) is 4.73. The van der Waals surface area contributed by atoms with Crippen molar-refractivity contribution in [1.82, 2.24) is 0 Å². The van der Waals surface area contributed by atoms with Crippen molar-refractivity contribution < 1.29 is 19.4 Å². The van der Waals surface area contributed by atoms with Gasteiger partial charge in [0, 0.05) is 4.47 Å². The van der Waals surface area contributed by atoms with E-state index < -0.39 is 12.0 Å². The van der Waals surface area contributed by atoms with Gasteiger partial charge >= 0.3 is 5.97 Å². The van der Waals surface area contributed by atoms with E-state index >= 15 is 0 Å². The standard InChI is InChI=1S/C10H11Br2NO4.ClH/c1-16-5-3-4(8(13)10(15)17-2)6(11)7(12)9(5)14;/h3,8,14H,13H2,1-2H3;1H/t8-;/m1./s1. The number of halogens is 3. The Morgan fingerprint density at radius 2 is 1.94 bits per heavy atom. The smallest absolute Gasteiger partial charge is 0.327 e. The summed E-state index contributed by atoms with van der Waals surface area (Å²) in [5.41, 5.74) is 6.19. The van der Waals surface area contributed by atoms with Gasteiger partial charge in [-0.15, -0.1) is 12.4 Å². The van der Waals surface area contributed by atoms with Crippen molar-refractivity contribution in [3.63, 3.8) is 0 Å². The van der Waals surface area contributed by atoms with Gasteiger partial charge < -0.3 is 20.3 Å². The van der Waals surface area contributed by atoms with Gasteiger partial charge in [-0.05, 0) is 43.5 Å². The molecule has 0 aliphatic carbocycles. The second kappa shape index (κ2) is 7.18. The summed E-state index contributed by atoms with van der Waals surface area (Å²) in [6.07, 6.45) is 0. The number of phenols is 1. The summed E-state index contributed by atoms with van der Waals surface area (Å²) in [5, 5.41) is 9.72. The van der Waals surface area contributed by atoms with E-state index in [-0.39, 0.29) is 23.9 Å². The third-order valence-electron chi connectivity index (χ3n) is 2.18. The van der Waals surface area contributed by atoms with Crippen molar-refractivity contribution in [2.75, 3.05) is 14.2 Å². The van der Waals surface area contributed by atoms with E-state index in [1.165, 1.54) is 20.3 Å². The monoisotopic (exact) mass is 403 g/mol. The van der Waals surface area contributed by atoms with Crippen molar-refractivity contribution >= 4 is 50.2 Å². The number of hydrogen-bond acceptors (Lipinski definition) is 5. The predicted octanol–water partition coefficient (Wildman–Crippen LogP) is 2.52. The molecule has 8 heteroatoms. The molecule has 0 fully saturated rings. The summed E-state index contributed by atoms with van der Waals surface area (Å²) in [4.78, 5) is 11.4. The van der Waals surface area contributed by atoms with Crippen molar-refractivity contribution in [2.24, 2.45) is 5.73 Å². The third kappa shape index (κ3) is 3.28. The summed E-state index contributed by atoms with van der Waals surface area (Å²) in [6, 6.07) is 0.520. The van der Waals surface area contributed by atoms with E-state index in [0.29, 0.717) is 14.5 Å². The van der Waals surface area contributed by atoms with Crippen molar-refractivity contribution in [1.29, 1.82) is 0 Å². The topological polar surface area (TPSA) is 81.8 Å². The number of ether oxygens (including phenoxy) is 2. The summed E-state index contributed by atoms with van der Waals surface area (Å²) in [7, 11) is 2.66. The maximum Gasteiger partial charge on any atom is 0.327 e. The molecule has 0 aliphatic rings. The van der Waals surface area contributed by atoms with Crippen molar-refractivity contribution in [3.8, 4) is 11.5 Å². The second-order valence-electron chi connectivity index (χ2n) is 3.15. The molecule has 102 valence electrons. The highest BCUT2D eigenvalue weighted by Gasteiger charge is 2.24. The molecule has 0 unspecified atom stereocenters. The van der Waals surface area contributed by atoms with Crippen LogP contribution in [0.4, 0.5) is 0 Å². The number of methoxy groups -OCH3 is 2. The average molecular weight is 405 g/mol. The summed E-state index contributed by atoms with van der Waals surface area (Å²) in [5.74, 6) is -0.431. The molecule has 1 aromatic rings. The fourth-order valence-corrected chi connectivity index (χ4v) is 2.22. The normalized spacial score (nSPS) is 11.4. The van der Waals surface area contributed by atoms with Crippen LogP contribution in [0.25, 0.3) is 0 Å². The molecule has 1 atom stereocenters. The molecule has 0 aliphatic heterocycles. The predicted molar refractivity (Wildman–Crippen MR) is 76.3 cm³/mol. The molecule has 0 heterocycles. The fourth-order valence-electron chi connectivity index (χ4n) is 1.25. The van der Waals surface area contributed by atoms with Crippen LogP contribution in [-0.4, -0.2) is 25.3 Å². The van der Waals surface area contributed by atoms with E-state index in [1.807, 2.05) is 0 Å². The largest absolute Gasteiger partial charge is 0.503 e. The Balaban J connectivity index is 0.00000289. The van der Waals surface area contributed by atoms with E-state index in [2.05, 4.69) is 36.6 Å². The van der Waals surface area contributed by atoms with Gasteiger partial charge in [-0.1, -0.05) is 0 Å². The zero-order chi connectivity index (χ0) is 13.2. The Morgan fingerprint density at radius 3 is 2.39 bits per heavy atom. The van der Waals surface area contributed by atoms with Crippen LogP contribution in [0.15, 0.2) is 15.0 Å². The number of rotatable bonds is 3. The molecule has 0 saturated heterocycles. The molecule has 0 radical (unpaired) electrons. The molecule has 18 heavy (non-hydrogen) atoms. The zero-order valence-electron chi connectivity index (χ0n) is 9.57. The average Bonchev–Trinajstić information content (AvgIpc) is 2.34. The zero-order valence-corrected chi connectivity index (χ0v) is 13.6. The van der Waals surface area contributed by atoms with Gasteiger partial charge in [-0.2, -0.15) is 0 Å². The van der Waals surface area contributed by atoms with Crippen LogP contribution in [0, 0.1) is 0 Å². The summed E-state index contributed by atoms with van der Waals surface area (Å²) in [6.45, 7) is 0. The van der Waals surface area contributed by atoms with Gasteiger partial charge in [-0.25, -0.2) is 0 Å². The Labute approximate surface area is 127 Å². The molecule has 5 nitrogen and oxygen atoms in total. The lowest BCUT2D eigenvalue weighted by molar-refractivity contribution is -0.142. The molecule has 1 rings (SSSR count). The van der Waals surface area contributed by atoms with Crippen LogP contribution in [-0.2, 0) is 9.53 Å².